The molecule has 0 bridgehead atoms. The van der Waals surface area contributed by atoms with E-state index in [-0.39, 0.29) is 5.38 Å². The van der Waals surface area contributed by atoms with Crippen LogP contribution in [-0.4, -0.2) is 21.7 Å². The summed E-state index contributed by atoms with van der Waals surface area (Å²) in [7, 11) is 0. The van der Waals surface area contributed by atoms with Gasteiger partial charge in [-0.2, -0.15) is 5.10 Å². The van der Waals surface area contributed by atoms with Gasteiger partial charge in [0.25, 0.3) is 0 Å². The highest BCUT2D eigenvalue weighted by atomic mass is 35.5. The van der Waals surface area contributed by atoms with Gasteiger partial charge in [-0.15, -0.1) is 11.6 Å². The van der Waals surface area contributed by atoms with Gasteiger partial charge in [-0.25, -0.2) is 0 Å². The van der Waals surface area contributed by atoms with E-state index in [9.17, 15) is 0 Å². The van der Waals surface area contributed by atoms with E-state index in [1.54, 1.807) is 0 Å². The summed E-state index contributed by atoms with van der Waals surface area (Å²) in [6.07, 6.45) is 11.1. The summed E-state index contributed by atoms with van der Waals surface area (Å²) < 4.78 is 2.18. The van der Waals surface area contributed by atoms with Crippen molar-refractivity contribution >= 4 is 11.6 Å². The van der Waals surface area contributed by atoms with E-state index < -0.39 is 0 Å². The fraction of sp³-hybridized carbons (Fsp3) is 0.824. The second kappa shape index (κ2) is 8.79. The van der Waals surface area contributed by atoms with Gasteiger partial charge in [0.2, 0.25) is 0 Å². The quantitative estimate of drug-likeness (QED) is 0.715. The summed E-state index contributed by atoms with van der Waals surface area (Å²) >= 11 is 6.45. The molecule has 1 saturated carbocycles. The first-order valence-corrected chi connectivity index (χ1v) is 9.07. The van der Waals surface area contributed by atoms with E-state index in [1.807, 2.05) is 0 Å². The van der Waals surface area contributed by atoms with Gasteiger partial charge >= 0.3 is 0 Å². The van der Waals surface area contributed by atoms with Gasteiger partial charge in [0.15, 0.2) is 0 Å². The number of halogens is 1. The molecule has 1 aliphatic rings. The third-order valence-corrected chi connectivity index (χ3v) is 5.33. The van der Waals surface area contributed by atoms with Crippen LogP contribution in [0.15, 0.2) is 12.3 Å². The average Bonchev–Trinajstić information content (AvgIpc) is 2.98. The van der Waals surface area contributed by atoms with E-state index in [0.717, 1.165) is 31.6 Å². The number of hydrogen-bond acceptors (Lipinski definition) is 2. The van der Waals surface area contributed by atoms with Crippen LogP contribution in [0, 0.1) is 5.92 Å². The molecule has 1 unspecified atom stereocenters. The molecule has 21 heavy (non-hydrogen) atoms. The van der Waals surface area contributed by atoms with E-state index in [2.05, 4.69) is 36.1 Å². The van der Waals surface area contributed by atoms with Crippen LogP contribution >= 0.6 is 11.6 Å². The highest BCUT2D eigenvalue weighted by molar-refractivity contribution is 6.21. The molecule has 0 radical (unpaired) electrons. The van der Waals surface area contributed by atoms with E-state index in [1.165, 1.54) is 32.1 Å². The number of alkyl halides is 1. The SMILES string of the molecule is CCC(CC)C(Cl)CNCc1ccn(C2CCCCC2)n1. The minimum atomic E-state index is 0.223. The minimum absolute atomic E-state index is 0.223. The van der Waals surface area contributed by atoms with Gasteiger partial charge in [-0.3, -0.25) is 4.68 Å². The summed E-state index contributed by atoms with van der Waals surface area (Å²) in [4.78, 5) is 0. The monoisotopic (exact) mass is 311 g/mol. The molecule has 1 aliphatic carbocycles. The first-order valence-electron chi connectivity index (χ1n) is 8.63. The lowest BCUT2D eigenvalue weighted by Crippen LogP contribution is -2.28. The Balaban J connectivity index is 1.75. The van der Waals surface area contributed by atoms with Gasteiger partial charge < -0.3 is 5.32 Å². The van der Waals surface area contributed by atoms with Crippen molar-refractivity contribution in [1.82, 2.24) is 15.1 Å². The number of nitrogens with one attached hydrogen (secondary N) is 1. The van der Waals surface area contributed by atoms with Crippen LogP contribution in [-0.2, 0) is 6.54 Å². The summed E-state index contributed by atoms with van der Waals surface area (Å²) in [5, 5.41) is 8.41. The number of aromatic nitrogens is 2. The molecule has 0 amide bonds. The predicted molar refractivity (Wildman–Crippen MR) is 89.8 cm³/mol. The Kier molecular flexibility index (Phi) is 7.05. The Hall–Kier alpha value is -0.540. The molecule has 3 nitrogen and oxygen atoms in total. The molecule has 1 aromatic heterocycles. The molecule has 1 aromatic rings. The largest absolute Gasteiger partial charge is 0.310 e. The molecule has 1 fully saturated rings. The van der Waals surface area contributed by atoms with Crippen molar-refractivity contribution in [2.75, 3.05) is 6.54 Å². The van der Waals surface area contributed by atoms with Gasteiger partial charge in [0.05, 0.1) is 11.7 Å². The highest BCUT2D eigenvalue weighted by Crippen LogP contribution is 2.27. The molecule has 1 heterocycles. The molecule has 1 atom stereocenters. The Bertz CT molecular complexity index is 394. The van der Waals surface area contributed by atoms with Crippen molar-refractivity contribution in [3.63, 3.8) is 0 Å². The molecular formula is C17H30ClN3. The van der Waals surface area contributed by atoms with Crippen molar-refractivity contribution in [2.45, 2.75) is 76.8 Å². The second-order valence-electron chi connectivity index (χ2n) is 6.30. The van der Waals surface area contributed by atoms with Gasteiger partial charge in [-0.05, 0) is 24.8 Å². The first kappa shape index (κ1) is 16.8. The van der Waals surface area contributed by atoms with Crippen molar-refractivity contribution in [2.24, 2.45) is 5.92 Å². The van der Waals surface area contributed by atoms with Crippen molar-refractivity contribution in [1.29, 1.82) is 0 Å². The number of hydrogen-bond donors (Lipinski definition) is 1. The summed E-state index contributed by atoms with van der Waals surface area (Å²) in [5.74, 6) is 0.610. The maximum atomic E-state index is 6.45. The molecule has 2 rings (SSSR count). The molecule has 0 aliphatic heterocycles. The minimum Gasteiger partial charge on any atom is -0.310 e. The van der Waals surface area contributed by atoms with Crippen molar-refractivity contribution in [3.8, 4) is 0 Å². The molecule has 0 spiro atoms. The Morgan fingerprint density at radius 1 is 1.29 bits per heavy atom. The molecule has 120 valence electrons. The summed E-state index contributed by atoms with van der Waals surface area (Å²) in [6.45, 7) is 6.12. The zero-order valence-corrected chi connectivity index (χ0v) is 14.3. The average molecular weight is 312 g/mol. The third-order valence-electron chi connectivity index (χ3n) is 4.82. The first-order chi connectivity index (χ1) is 10.2. The van der Waals surface area contributed by atoms with Crippen LogP contribution in [0.5, 0.6) is 0 Å². The molecular weight excluding hydrogens is 282 g/mol. The predicted octanol–water partition coefficient (Wildman–Crippen LogP) is 4.52. The molecule has 0 aromatic carbocycles. The zero-order valence-electron chi connectivity index (χ0n) is 13.5. The smallest absolute Gasteiger partial charge is 0.0762 e. The third kappa shape index (κ3) is 5.00. The maximum absolute atomic E-state index is 6.45. The van der Waals surface area contributed by atoms with Gasteiger partial charge in [0.1, 0.15) is 0 Å². The second-order valence-corrected chi connectivity index (χ2v) is 6.86. The normalized spacial score (nSPS) is 18.3. The lowest BCUT2D eigenvalue weighted by molar-refractivity contribution is 0.327. The van der Waals surface area contributed by atoms with Crippen LogP contribution in [0.2, 0.25) is 0 Å². The van der Waals surface area contributed by atoms with Crippen LogP contribution in [0.4, 0.5) is 0 Å². The highest BCUT2D eigenvalue weighted by Gasteiger charge is 2.17. The molecule has 0 saturated heterocycles. The van der Waals surface area contributed by atoms with E-state index in [0.29, 0.717) is 12.0 Å². The lowest BCUT2D eigenvalue weighted by atomic mass is 9.96. The molecule has 1 N–H and O–H groups in total. The maximum Gasteiger partial charge on any atom is 0.0762 e. The Morgan fingerprint density at radius 2 is 2.00 bits per heavy atom. The lowest BCUT2D eigenvalue weighted by Gasteiger charge is -2.22. The van der Waals surface area contributed by atoms with E-state index >= 15 is 0 Å². The van der Waals surface area contributed by atoms with Gasteiger partial charge in [0, 0.05) is 24.7 Å². The fourth-order valence-corrected chi connectivity index (χ4v) is 3.79. The standard InChI is InChI=1S/C17H30ClN3/c1-3-14(4-2)17(18)13-19-12-15-10-11-21(20-15)16-8-6-5-7-9-16/h10-11,14,16-17,19H,3-9,12-13H2,1-2H3. The van der Waals surface area contributed by atoms with Crippen LogP contribution < -0.4 is 5.32 Å². The van der Waals surface area contributed by atoms with Crippen LogP contribution in [0.3, 0.4) is 0 Å². The van der Waals surface area contributed by atoms with Crippen molar-refractivity contribution < 1.29 is 0 Å². The van der Waals surface area contributed by atoms with Gasteiger partial charge in [-0.1, -0.05) is 46.0 Å². The summed E-state index contributed by atoms with van der Waals surface area (Å²) in [5.41, 5.74) is 1.13. The van der Waals surface area contributed by atoms with Crippen LogP contribution in [0.1, 0.15) is 70.5 Å². The number of rotatable bonds is 8. The zero-order chi connectivity index (χ0) is 15.1. The summed E-state index contributed by atoms with van der Waals surface area (Å²) in [6, 6.07) is 2.76. The fourth-order valence-electron chi connectivity index (χ4n) is 3.33. The topological polar surface area (TPSA) is 29.9 Å². The van der Waals surface area contributed by atoms with Crippen LogP contribution in [0.25, 0.3) is 0 Å². The van der Waals surface area contributed by atoms with E-state index in [4.69, 9.17) is 16.7 Å². The molecule has 4 heteroatoms. The number of nitrogens with zero attached hydrogens (tertiary/aromatic N) is 2. The van der Waals surface area contributed by atoms with Crippen molar-refractivity contribution in [3.05, 3.63) is 18.0 Å². The Morgan fingerprint density at radius 3 is 2.67 bits per heavy atom. The Labute approximate surface area is 134 Å².